The number of rotatable bonds is 5. The highest BCUT2D eigenvalue weighted by Crippen LogP contribution is 2.35. The Morgan fingerprint density at radius 1 is 1.03 bits per heavy atom. The van der Waals surface area contributed by atoms with Gasteiger partial charge < -0.3 is 10.6 Å². The number of imide groups is 1. The number of carbonyl (C=O) groups is 3. The lowest BCUT2D eigenvalue weighted by Crippen LogP contribution is -2.45. The molecule has 1 heterocycles. The predicted molar refractivity (Wildman–Crippen MR) is 109 cm³/mol. The largest absolute Gasteiger partial charge is 0.344 e. The Kier molecular flexibility index (Phi) is 5.09. The van der Waals surface area contributed by atoms with Gasteiger partial charge in [0.1, 0.15) is 12.1 Å². The smallest absolute Gasteiger partial charge is 0.325 e. The van der Waals surface area contributed by atoms with Gasteiger partial charge in [-0.05, 0) is 30.9 Å². The van der Waals surface area contributed by atoms with E-state index in [2.05, 4.69) is 10.6 Å². The van der Waals surface area contributed by atoms with Crippen LogP contribution in [0.4, 0.5) is 4.79 Å². The molecule has 4 amide bonds. The Morgan fingerprint density at radius 3 is 2.31 bits per heavy atom. The maximum atomic E-state index is 12.8. The third-order valence-electron chi connectivity index (χ3n) is 5.85. The summed E-state index contributed by atoms with van der Waals surface area (Å²) in [5.74, 6) is -0.639. The fourth-order valence-corrected chi connectivity index (χ4v) is 4.25. The van der Waals surface area contributed by atoms with Crippen LogP contribution in [0.15, 0.2) is 54.6 Å². The van der Waals surface area contributed by atoms with E-state index >= 15 is 0 Å². The molecule has 2 fully saturated rings. The summed E-state index contributed by atoms with van der Waals surface area (Å²) in [6, 6.07) is 16.8. The van der Waals surface area contributed by atoms with E-state index < -0.39 is 11.6 Å². The van der Waals surface area contributed by atoms with E-state index in [1.165, 1.54) is 0 Å². The molecule has 1 spiro atoms. The van der Waals surface area contributed by atoms with Crippen molar-refractivity contribution in [3.8, 4) is 0 Å². The summed E-state index contributed by atoms with van der Waals surface area (Å²) in [7, 11) is 0. The monoisotopic (exact) mass is 391 g/mol. The first-order chi connectivity index (χ1) is 14.0. The highest BCUT2D eigenvalue weighted by Gasteiger charge is 2.52. The van der Waals surface area contributed by atoms with E-state index in [1.54, 1.807) is 0 Å². The molecule has 0 unspecified atom stereocenters. The summed E-state index contributed by atoms with van der Waals surface area (Å²) >= 11 is 0. The number of aryl methyl sites for hydroxylation is 1. The summed E-state index contributed by atoms with van der Waals surface area (Å²) in [5.41, 5.74) is 2.22. The molecule has 0 aromatic heterocycles. The molecule has 0 bridgehead atoms. The number of hydrogen-bond donors (Lipinski definition) is 2. The van der Waals surface area contributed by atoms with Crippen molar-refractivity contribution in [2.24, 2.45) is 0 Å². The summed E-state index contributed by atoms with van der Waals surface area (Å²) in [5, 5.41) is 5.82. The van der Waals surface area contributed by atoms with E-state index in [0.29, 0.717) is 12.8 Å². The van der Waals surface area contributed by atoms with Crippen molar-refractivity contribution in [3.05, 3.63) is 71.3 Å². The van der Waals surface area contributed by atoms with Gasteiger partial charge in [-0.15, -0.1) is 0 Å². The van der Waals surface area contributed by atoms with E-state index in [-0.39, 0.29) is 24.4 Å². The van der Waals surface area contributed by atoms with Crippen LogP contribution in [0.2, 0.25) is 0 Å². The standard InChI is InChI=1S/C23H25N3O3/c1-16-9-11-18(12-10-16)20(17-7-3-2-4-8-17)24-19(27)15-26-21(28)23(25-22(26)29)13-5-6-14-23/h2-4,7-12,20H,5-6,13-15H2,1H3,(H,24,27)(H,25,29)/t20-/m0/s1. The van der Waals surface area contributed by atoms with Crippen molar-refractivity contribution in [1.82, 2.24) is 15.5 Å². The van der Waals surface area contributed by atoms with E-state index in [1.807, 2.05) is 61.5 Å². The first kappa shape index (κ1) is 19.2. The summed E-state index contributed by atoms with van der Waals surface area (Å²) in [6.07, 6.45) is 3.11. The van der Waals surface area contributed by atoms with Crippen LogP contribution in [0.1, 0.15) is 48.4 Å². The normalized spacial score (nSPS) is 18.7. The van der Waals surface area contributed by atoms with Crippen LogP contribution in [-0.2, 0) is 9.59 Å². The molecule has 150 valence electrons. The van der Waals surface area contributed by atoms with Crippen LogP contribution < -0.4 is 10.6 Å². The Balaban J connectivity index is 1.52. The maximum absolute atomic E-state index is 12.8. The molecule has 2 N–H and O–H groups in total. The zero-order valence-electron chi connectivity index (χ0n) is 16.5. The SMILES string of the molecule is Cc1ccc([C@@H](NC(=O)CN2C(=O)NC3(CCCC3)C2=O)c2ccccc2)cc1. The zero-order valence-corrected chi connectivity index (χ0v) is 16.5. The van der Waals surface area contributed by atoms with Gasteiger partial charge in [0.05, 0.1) is 6.04 Å². The molecular formula is C23H25N3O3. The number of urea groups is 1. The lowest BCUT2D eigenvalue weighted by Gasteiger charge is -2.22. The van der Waals surface area contributed by atoms with Gasteiger partial charge in [-0.1, -0.05) is 73.0 Å². The second kappa shape index (κ2) is 7.70. The van der Waals surface area contributed by atoms with Crippen LogP contribution in [0, 0.1) is 6.92 Å². The van der Waals surface area contributed by atoms with Crippen molar-refractivity contribution in [2.45, 2.75) is 44.2 Å². The Bertz CT molecular complexity index is 918. The third-order valence-corrected chi connectivity index (χ3v) is 5.85. The minimum atomic E-state index is -0.798. The van der Waals surface area contributed by atoms with Gasteiger partial charge >= 0.3 is 6.03 Å². The molecular weight excluding hydrogens is 366 g/mol. The van der Waals surface area contributed by atoms with Crippen LogP contribution >= 0.6 is 0 Å². The van der Waals surface area contributed by atoms with Gasteiger partial charge in [-0.3, -0.25) is 14.5 Å². The zero-order chi connectivity index (χ0) is 20.4. The molecule has 0 radical (unpaired) electrons. The minimum Gasteiger partial charge on any atom is -0.344 e. The fraction of sp³-hybridized carbons (Fsp3) is 0.348. The molecule has 29 heavy (non-hydrogen) atoms. The second-order valence-corrected chi connectivity index (χ2v) is 7.93. The van der Waals surface area contributed by atoms with Crippen molar-refractivity contribution < 1.29 is 14.4 Å². The van der Waals surface area contributed by atoms with Crippen molar-refractivity contribution in [3.63, 3.8) is 0 Å². The lowest BCUT2D eigenvalue weighted by molar-refractivity contribution is -0.135. The molecule has 4 rings (SSSR count). The van der Waals surface area contributed by atoms with Crippen LogP contribution in [0.25, 0.3) is 0 Å². The molecule has 1 aliphatic carbocycles. The highest BCUT2D eigenvalue weighted by atomic mass is 16.2. The molecule has 2 aromatic rings. The number of amides is 4. The molecule has 1 saturated carbocycles. The summed E-state index contributed by atoms with van der Waals surface area (Å²) < 4.78 is 0. The first-order valence-electron chi connectivity index (χ1n) is 10.0. The molecule has 1 aliphatic heterocycles. The third kappa shape index (κ3) is 3.75. The topological polar surface area (TPSA) is 78.5 Å². The molecule has 2 aromatic carbocycles. The molecule has 6 nitrogen and oxygen atoms in total. The van der Waals surface area contributed by atoms with E-state index in [4.69, 9.17) is 0 Å². The second-order valence-electron chi connectivity index (χ2n) is 7.93. The van der Waals surface area contributed by atoms with Gasteiger partial charge in [-0.25, -0.2) is 4.79 Å². The first-order valence-corrected chi connectivity index (χ1v) is 10.0. The summed E-state index contributed by atoms with van der Waals surface area (Å²) in [6.45, 7) is 1.73. The Hall–Kier alpha value is -3.15. The van der Waals surface area contributed by atoms with Gasteiger partial charge in [0.25, 0.3) is 5.91 Å². The van der Waals surface area contributed by atoms with Gasteiger partial charge in [0.2, 0.25) is 5.91 Å². The number of carbonyl (C=O) groups excluding carboxylic acids is 3. The van der Waals surface area contributed by atoms with Gasteiger partial charge in [0.15, 0.2) is 0 Å². The Morgan fingerprint density at radius 2 is 1.66 bits per heavy atom. The number of hydrogen-bond acceptors (Lipinski definition) is 3. The number of nitrogens with zero attached hydrogens (tertiary/aromatic N) is 1. The van der Waals surface area contributed by atoms with E-state index in [0.717, 1.165) is 34.4 Å². The predicted octanol–water partition coefficient (Wildman–Crippen LogP) is 3.07. The van der Waals surface area contributed by atoms with E-state index in [9.17, 15) is 14.4 Å². The summed E-state index contributed by atoms with van der Waals surface area (Å²) in [4.78, 5) is 39.0. The maximum Gasteiger partial charge on any atom is 0.325 e. The quantitative estimate of drug-likeness (QED) is 0.769. The molecule has 1 saturated heterocycles. The van der Waals surface area contributed by atoms with Crippen molar-refractivity contribution in [2.75, 3.05) is 6.54 Å². The van der Waals surface area contributed by atoms with Crippen molar-refractivity contribution in [1.29, 1.82) is 0 Å². The lowest BCUT2D eigenvalue weighted by atomic mass is 9.97. The fourth-order valence-electron chi connectivity index (χ4n) is 4.25. The van der Waals surface area contributed by atoms with Crippen molar-refractivity contribution >= 4 is 17.8 Å². The highest BCUT2D eigenvalue weighted by molar-refractivity contribution is 6.09. The number of nitrogens with one attached hydrogen (secondary N) is 2. The minimum absolute atomic E-state index is 0.276. The molecule has 6 heteroatoms. The van der Waals surface area contributed by atoms with Crippen LogP contribution in [-0.4, -0.2) is 34.8 Å². The molecule has 1 atom stereocenters. The van der Waals surface area contributed by atoms with Crippen LogP contribution in [0.5, 0.6) is 0 Å². The average Bonchev–Trinajstić information content (AvgIpc) is 3.28. The van der Waals surface area contributed by atoms with Crippen LogP contribution in [0.3, 0.4) is 0 Å². The molecule has 2 aliphatic rings. The Labute approximate surface area is 170 Å². The average molecular weight is 391 g/mol. The van der Waals surface area contributed by atoms with Gasteiger partial charge in [0, 0.05) is 0 Å². The van der Waals surface area contributed by atoms with Gasteiger partial charge in [-0.2, -0.15) is 0 Å². The number of benzene rings is 2.